The lowest BCUT2D eigenvalue weighted by Gasteiger charge is -2.29. The maximum atomic E-state index is 12.4. The molecule has 0 amide bonds. The SMILES string of the molecule is Cc1cc(C(C)N2Cc3c(ccnc3C(=O)O)C2=C2CC2)cnc1OCC(F)F. The van der Waals surface area contributed by atoms with E-state index in [1.807, 2.05) is 19.1 Å². The van der Waals surface area contributed by atoms with E-state index in [2.05, 4.69) is 14.9 Å². The van der Waals surface area contributed by atoms with Crippen LogP contribution in [0.1, 0.15) is 58.5 Å². The molecule has 0 spiro atoms. The second kappa shape index (κ2) is 7.42. The van der Waals surface area contributed by atoms with E-state index < -0.39 is 19.0 Å². The van der Waals surface area contributed by atoms with Gasteiger partial charge in [-0.05, 0) is 50.0 Å². The Morgan fingerprint density at radius 2 is 2.10 bits per heavy atom. The van der Waals surface area contributed by atoms with Crippen LogP contribution < -0.4 is 4.74 Å². The monoisotopic (exact) mass is 401 g/mol. The van der Waals surface area contributed by atoms with Gasteiger partial charge < -0.3 is 14.7 Å². The van der Waals surface area contributed by atoms with Crippen LogP contribution in [-0.2, 0) is 6.54 Å². The molecule has 1 unspecified atom stereocenters. The van der Waals surface area contributed by atoms with Gasteiger partial charge in [0.25, 0.3) is 6.43 Å². The zero-order chi connectivity index (χ0) is 20.7. The smallest absolute Gasteiger partial charge is 0.354 e. The third kappa shape index (κ3) is 3.66. The molecule has 0 aromatic carbocycles. The number of hydrogen-bond donors (Lipinski definition) is 1. The number of alkyl halides is 2. The summed E-state index contributed by atoms with van der Waals surface area (Å²) in [5.74, 6) is -0.835. The number of aryl methyl sites for hydroxylation is 1. The first-order chi connectivity index (χ1) is 13.9. The molecule has 29 heavy (non-hydrogen) atoms. The van der Waals surface area contributed by atoms with Gasteiger partial charge in [0.05, 0.1) is 6.04 Å². The summed E-state index contributed by atoms with van der Waals surface area (Å²) in [6, 6.07) is 3.68. The highest BCUT2D eigenvalue weighted by Gasteiger charge is 2.36. The number of aromatic carboxylic acids is 1. The van der Waals surface area contributed by atoms with E-state index >= 15 is 0 Å². The second-order valence-electron chi connectivity index (χ2n) is 7.34. The molecule has 4 rings (SSSR count). The summed E-state index contributed by atoms with van der Waals surface area (Å²) in [5.41, 5.74) is 5.71. The van der Waals surface area contributed by atoms with E-state index in [0.717, 1.165) is 35.2 Å². The van der Waals surface area contributed by atoms with Gasteiger partial charge in [0.1, 0.15) is 0 Å². The number of carboxylic acids is 1. The Morgan fingerprint density at radius 3 is 2.72 bits per heavy atom. The van der Waals surface area contributed by atoms with Crippen molar-refractivity contribution in [1.29, 1.82) is 0 Å². The van der Waals surface area contributed by atoms with Crippen molar-refractivity contribution in [1.82, 2.24) is 14.9 Å². The first-order valence-electron chi connectivity index (χ1n) is 9.44. The van der Waals surface area contributed by atoms with E-state index in [0.29, 0.717) is 12.1 Å². The Hall–Kier alpha value is -3.03. The molecule has 2 aromatic rings. The van der Waals surface area contributed by atoms with Crippen LogP contribution in [0.2, 0.25) is 0 Å². The summed E-state index contributed by atoms with van der Waals surface area (Å²) < 4.78 is 29.9. The Bertz CT molecular complexity index is 1000. The molecule has 1 aliphatic carbocycles. The highest BCUT2D eigenvalue weighted by atomic mass is 19.3. The number of halogens is 2. The molecule has 152 valence electrons. The Labute approximate surface area is 166 Å². The topological polar surface area (TPSA) is 75.6 Å². The normalized spacial score (nSPS) is 16.2. The van der Waals surface area contributed by atoms with Crippen LogP contribution in [-0.4, -0.2) is 39.0 Å². The molecule has 2 aromatic heterocycles. The van der Waals surface area contributed by atoms with Crippen molar-refractivity contribution < 1.29 is 23.4 Å². The van der Waals surface area contributed by atoms with E-state index in [1.165, 1.54) is 5.57 Å². The molecule has 6 nitrogen and oxygen atoms in total. The summed E-state index contributed by atoms with van der Waals surface area (Å²) in [4.78, 5) is 22.1. The lowest BCUT2D eigenvalue weighted by atomic mass is 10.1. The van der Waals surface area contributed by atoms with E-state index in [4.69, 9.17) is 4.74 Å². The van der Waals surface area contributed by atoms with Crippen molar-refractivity contribution in [2.24, 2.45) is 0 Å². The van der Waals surface area contributed by atoms with Gasteiger partial charge in [-0.2, -0.15) is 0 Å². The fraction of sp³-hybridized carbons (Fsp3) is 0.381. The molecule has 1 aliphatic heterocycles. The molecule has 1 saturated carbocycles. The van der Waals surface area contributed by atoms with Crippen molar-refractivity contribution in [3.63, 3.8) is 0 Å². The first-order valence-corrected chi connectivity index (χ1v) is 9.44. The van der Waals surface area contributed by atoms with Gasteiger partial charge in [-0.25, -0.2) is 23.5 Å². The Morgan fingerprint density at radius 1 is 1.34 bits per heavy atom. The van der Waals surface area contributed by atoms with Crippen LogP contribution in [0.5, 0.6) is 5.88 Å². The average molecular weight is 401 g/mol. The number of pyridine rings is 2. The minimum Gasteiger partial charge on any atom is -0.477 e. The van der Waals surface area contributed by atoms with Crippen LogP contribution >= 0.6 is 0 Å². The van der Waals surface area contributed by atoms with Crippen molar-refractivity contribution >= 4 is 11.7 Å². The average Bonchev–Trinajstić information content (AvgIpc) is 3.45. The van der Waals surface area contributed by atoms with E-state index in [1.54, 1.807) is 19.3 Å². The first kappa shape index (κ1) is 19.3. The highest BCUT2D eigenvalue weighted by molar-refractivity contribution is 5.90. The maximum Gasteiger partial charge on any atom is 0.354 e. The molecule has 1 N–H and O–H groups in total. The van der Waals surface area contributed by atoms with Gasteiger partial charge in [0.2, 0.25) is 5.88 Å². The predicted octanol–water partition coefficient (Wildman–Crippen LogP) is 4.21. The van der Waals surface area contributed by atoms with Gasteiger partial charge >= 0.3 is 5.97 Å². The van der Waals surface area contributed by atoms with E-state index in [-0.39, 0.29) is 17.6 Å². The molecule has 8 heteroatoms. The second-order valence-corrected chi connectivity index (χ2v) is 7.34. The minimum absolute atomic E-state index is 0.0810. The van der Waals surface area contributed by atoms with Gasteiger partial charge in [-0.15, -0.1) is 0 Å². The number of ether oxygens (including phenoxy) is 1. The summed E-state index contributed by atoms with van der Waals surface area (Å²) in [7, 11) is 0. The van der Waals surface area contributed by atoms with Crippen molar-refractivity contribution in [2.75, 3.05) is 6.61 Å². The summed E-state index contributed by atoms with van der Waals surface area (Å²) in [6.07, 6.45) is 2.62. The molecule has 2 aliphatic rings. The summed E-state index contributed by atoms with van der Waals surface area (Å²) in [5, 5.41) is 9.51. The highest BCUT2D eigenvalue weighted by Crippen LogP contribution is 2.47. The summed E-state index contributed by atoms with van der Waals surface area (Å²) >= 11 is 0. The molecular formula is C21H21F2N3O3. The fourth-order valence-corrected chi connectivity index (χ4v) is 3.77. The molecule has 3 heterocycles. The standard InChI is InChI=1S/C21H21F2N3O3/c1-11-7-14(8-25-20(11)29-10-17(22)23)12(2)26-9-16-15(19(26)13-3-4-13)5-6-24-18(16)21(27)28/h5-8,12,17H,3-4,9-10H2,1-2H3,(H,27,28). The number of hydrogen-bond acceptors (Lipinski definition) is 5. The third-order valence-electron chi connectivity index (χ3n) is 5.31. The Balaban J connectivity index is 1.65. The van der Waals surface area contributed by atoms with Crippen LogP contribution in [0.25, 0.3) is 5.70 Å². The predicted molar refractivity (Wildman–Crippen MR) is 102 cm³/mol. The summed E-state index contributed by atoms with van der Waals surface area (Å²) in [6.45, 7) is 3.56. The van der Waals surface area contributed by atoms with Crippen LogP contribution in [0, 0.1) is 6.92 Å². The van der Waals surface area contributed by atoms with Gasteiger partial charge in [-0.1, -0.05) is 0 Å². The molecule has 0 saturated heterocycles. The molecule has 0 bridgehead atoms. The largest absolute Gasteiger partial charge is 0.477 e. The van der Waals surface area contributed by atoms with Gasteiger partial charge in [0.15, 0.2) is 12.3 Å². The lowest BCUT2D eigenvalue weighted by molar-refractivity contribution is 0.0688. The minimum atomic E-state index is -2.55. The number of nitrogens with zero attached hydrogens (tertiary/aromatic N) is 3. The van der Waals surface area contributed by atoms with Gasteiger partial charge in [0, 0.05) is 41.3 Å². The molecular weight excluding hydrogens is 380 g/mol. The van der Waals surface area contributed by atoms with Crippen molar-refractivity contribution in [3.8, 4) is 5.88 Å². The molecule has 0 radical (unpaired) electrons. The number of carbonyl (C=O) groups is 1. The quantitative estimate of drug-likeness (QED) is 0.782. The van der Waals surface area contributed by atoms with Crippen LogP contribution in [0.4, 0.5) is 8.78 Å². The fourth-order valence-electron chi connectivity index (χ4n) is 3.77. The number of aromatic nitrogens is 2. The number of rotatable bonds is 6. The number of fused-ring (bicyclic) bond motifs is 1. The zero-order valence-electron chi connectivity index (χ0n) is 16.2. The molecule has 1 atom stereocenters. The van der Waals surface area contributed by atoms with Crippen molar-refractivity contribution in [3.05, 3.63) is 58.0 Å². The zero-order valence-corrected chi connectivity index (χ0v) is 16.2. The Kier molecular flexibility index (Phi) is 4.94. The van der Waals surface area contributed by atoms with Gasteiger partial charge in [-0.3, -0.25) is 0 Å². The van der Waals surface area contributed by atoms with Crippen LogP contribution in [0.3, 0.4) is 0 Å². The third-order valence-corrected chi connectivity index (χ3v) is 5.31. The van der Waals surface area contributed by atoms with E-state index in [9.17, 15) is 18.7 Å². The molecule has 1 fully saturated rings. The number of allylic oxidation sites excluding steroid dienone is 1. The van der Waals surface area contributed by atoms with Crippen molar-refractivity contribution in [2.45, 2.75) is 45.7 Å². The maximum absolute atomic E-state index is 12.4. The lowest BCUT2D eigenvalue weighted by Crippen LogP contribution is -2.21. The van der Waals surface area contributed by atoms with Crippen LogP contribution in [0.15, 0.2) is 30.1 Å². The number of carboxylic acid groups (broad SMARTS) is 1.